The number of aromatic nitrogens is 3. The Balaban J connectivity index is 1.64. The maximum Gasteiger partial charge on any atom is 0.244 e. The van der Waals surface area contributed by atoms with Gasteiger partial charge >= 0.3 is 0 Å². The maximum absolute atomic E-state index is 12.7. The van der Waals surface area contributed by atoms with Crippen LogP contribution < -0.4 is 5.32 Å². The Morgan fingerprint density at radius 3 is 2.59 bits per heavy atom. The minimum absolute atomic E-state index is 0.0771. The fourth-order valence-corrected chi connectivity index (χ4v) is 3.14. The lowest BCUT2D eigenvalue weighted by Crippen LogP contribution is -2.31. The van der Waals surface area contributed by atoms with Gasteiger partial charge in [-0.05, 0) is 24.6 Å². The molecule has 0 aliphatic carbocycles. The second-order valence-electron chi connectivity index (χ2n) is 6.43. The Morgan fingerprint density at radius 1 is 1.04 bits per heavy atom. The fourth-order valence-electron chi connectivity index (χ4n) is 3.14. The third-order valence-electron chi connectivity index (χ3n) is 4.60. The molecule has 134 valence electrons. The molecule has 5 nitrogen and oxygen atoms in total. The SMILES string of the molecule is C[C@@H](C(=O)NCc1cccnc1)n1nc(-c2ccccc2)c2ccccc21. The number of carbonyl (C=O) groups is 1. The molecule has 0 saturated carbocycles. The largest absolute Gasteiger partial charge is 0.350 e. The van der Waals surface area contributed by atoms with Gasteiger partial charge < -0.3 is 5.32 Å². The Labute approximate surface area is 157 Å². The van der Waals surface area contributed by atoms with Crippen LogP contribution in [0.25, 0.3) is 22.2 Å². The molecule has 0 bridgehead atoms. The Bertz CT molecular complexity index is 1060. The predicted molar refractivity (Wildman–Crippen MR) is 106 cm³/mol. The molecule has 4 aromatic rings. The fraction of sp³-hybridized carbons (Fsp3) is 0.136. The van der Waals surface area contributed by atoms with Crippen molar-refractivity contribution in [1.82, 2.24) is 20.1 Å². The molecule has 5 heteroatoms. The first-order chi connectivity index (χ1) is 13.2. The number of hydrogen-bond acceptors (Lipinski definition) is 3. The van der Waals surface area contributed by atoms with Crippen LogP contribution in [0.15, 0.2) is 79.1 Å². The van der Waals surface area contributed by atoms with Gasteiger partial charge in [-0.25, -0.2) is 0 Å². The third kappa shape index (κ3) is 3.44. The van der Waals surface area contributed by atoms with Crippen LogP contribution in [0.1, 0.15) is 18.5 Å². The summed E-state index contributed by atoms with van der Waals surface area (Å²) in [7, 11) is 0. The summed E-state index contributed by atoms with van der Waals surface area (Å²) in [6, 6.07) is 21.4. The van der Waals surface area contributed by atoms with Gasteiger partial charge in [0.05, 0.1) is 5.52 Å². The van der Waals surface area contributed by atoms with Crippen LogP contribution in [-0.2, 0) is 11.3 Å². The molecular weight excluding hydrogens is 336 g/mol. The van der Waals surface area contributed by atoms with Crippen LogP contribution in [0, 0.1) is 0 Å². The summed E-state index contributed by atoms with van der Waals surface area (Å²) in [5.74, 6) is -0.0771. The lowest BCUT2D eigenvalue weighted by molar-refractivity contribution is -0.124. The summed E-state index contributed by atoms with van der Waals surface area (Å²) >= 11 is 0. The van der Waals surface area contributed by atoms with E-state index in [4.69, 9.17) is 5.10 Å². The van der Waals surface area contributed by atoms with Crippen molar-refractivity contribution in [2.45, 2.75) is 19.5 Å². The van der Waals surface area contributed by atoms with E-state index >= 15 is 0 Å². The van der Waals surface area contributed by atoms with Crippen LogP contribution in [0.3, 0.4) is 0 Å². The number of para-hydroxylation sites is 1. The molecule has 0 spiro atoms. The van der Waals surface area contributed by atoms with Crippen molar-refractivity contribution in [3.8, 4) is 11.3 Å². The van der Waals surface area contributed by atoms with Crippen LogP contribution >= 0.6 is 0 Å². The van der Waals surface area contributed by atoms with Crippen molar-refractivity contribution < 1.29 is 4.79 Å². The van der Waals surface area contributed by atoms with E-state index in [1.807, 2.05) is 73.7 Å². The van der Waals surface area contributed by atoms with Gasteiger partial charge in [0, 0.05) is 29.9 Å². The van der Waals surface area contributed by atoms with Crippen molar-refractivity contribution in [3.05, 3.63) is 84.7 Å². The Hall–Kier alpha value is -3.47. The van der Waals surface area contributed by atoms with Gasteiger partial charge in [0.1, 0.15) is 11.7 Å². The Morgan fingerprint density at radius 2 is 1.81 bits per heavy atom. The van der Waals surface area contributed by atoms with Crippen molar-refractivity contribution in [3.63, 3.8) is 0 Å². The molecule has 2 heterocycles. The van der Waals surface area contributed by atoms with Gasteiger partial charge in [0.25, 0.3) is 0 Å². The smallest absolute Gasteiger partial charge is 0.244 e. The maximum atomic E-state index is 12.7. The minimum Gasteiger partial charge on any atom is -0.350 e. The molecule has 4 rings (SSSR count). The molecule has 2 aromatic heterocycles. The molecule has 0 radical (unpaired) electrons. The average molecular weight is 356 g/mol. The van der Waals surface area contributed by atoms with E-state index in [-0.39, 0.29) is 5.91 Å². The molecule has 0 unspecified atom stereocenters. The van der Waals surface area contributed by atoms with Gasteiger partial charge in [0.15, 0.2) is 0 Å². The van der Waals surface area contributed by atoms with Crippen LogP contribution in [0.2, 0.25) is 0 Å². The molecule has 0 saturated heterocycles. The van der Waals surface area contributed by atoms with Gasteiger partial charge in [-0.15, -0.1) is 0 Å². The van der Waals surface area contributed by atoms with E-state index in [1.165, 1.54) is 0 Å². The molecule has 0 aliphatic rings. The van der Waals surface area contributed by atoms with E-state index in [0.29, 0.717) is 6.54 Å². The molecular formula is C22H20N4O. The van der Waals surface area contributed by atoms with Gasteiger partial charge in [0.2, 0.25) is 5.91 Å². The lowest BCUT2D eigenvalue weighted by atomic mass is 10.1. The van der Waals surface area contributed by atoms with Crippen molar-refractivity contribution in [2.75, 3.05) is 0 Å². The number of nitrogens with zero attached hydrogens (tertiary/aromatic N) is 3. The monoisotopic (exact) mass is 356 g/mol. The predicted octanol–water partition coefficient (Wildman–Crippen LogP) is 3.98. The number of nitrogens with one attached hydrogen (secondary N) is 1. The average Bonchev–Trinajstić information content (AvgIpc) is 3.12. The lowest BCUT2D eigenvalue weighted by Gasteiger charge is -2.14. The van der Waals surface area contributed by atoms with E-state index in [2.05, 4.69) is 10.3 Å². The molecule has 1 atom stereocenters. The number of hydrogen-bond donors (Lipinski definition) is 1. The van der Waals surface area contributed by atoms with Gasteiger partial charge in [-0.1, -0.05) is 54.6 Å². The molecule has 0 fully saturated rings. The van der Waals surface area contributed by atoms with Crippen LogP contribution in [0.4, 0.5) is 0 Å². The van der Waals surface area contributed by atoms with Crippen molar-refractivity contribution in [2.24, 2.45) is 0 Å². The first kappa shape index (κ1) is 17.0. The first-order valence-corrected chi connectivity index (χ1v) is 8.93. The Kier molecular flexibility index (Phi) is 4.66. The number of pyridine rings is 1. The summed E-state index contributed by atoms with van der Waals surface area (Å²) in [5, 5.41) is 8.79. The second-order valence-corrected chi connectivity index (χ2v) is 6.43. The highest BCUT2D eigenvalue weighted by Gasteiger charge is 2.20. The zero-order chi connectivity index (χ0) is 18.6. The van der Waals surface area contributed by atoms with Gasteiger partial charge in [-0.2, -0.15) is 5.10 Å². The van der Waals surface area contributed by atoms with E-state index in [9.17, 15) is 4.79 Å². The van der Waals surface area contributed by atoms with Crippen molar-refractivity contribution in [1.29, 1.82) is 0 Å². The number of carbonyl (C=O) groups excluding carboxylic acids is 1. The standard InChI is InChI=1S/C22H20N4O/c1-16(22(27)24-15-17-8-7-13-23-14-17)26-20-12-6-5-11-19(20)21(25-26)18-9-3-2-4-10-18/h2-14,16H,15H2,1H3,(H,24,27)/t16-/m0/s1. The molecule has 2 aromatic carbocycles. The van der Waals surface area contributed by atoms with E-state index in [0.717, 1.165) is 27.7 Å². The van der Waals surface area contributed by atoms with E-state index < -0.39 is 6.04 Å². The number of fused-ring (bicyclic) bond motifs is 1. The van der Waals surface area contributed by atoms with Crippen LogP contribution in [-0.4, -0.2) is 20.7 Å². The van der Waals surface area contributed by atoms with Crippen molar-refractivity contribution >= 4 is 16.8 Å². The highest BCUT2D eigenvalue weighted by atomic mass is 16.2. The highest BCUT2D eigenvalue weighted by molar-refractivity contribution is 5.94. The summed E-state index contributed by atoms with van der Waals surface area (Å²) in [6.07, 6.45) is 3.47. The number of rotatable bonds is 5. The topological polar surface area (TPSA) is 59.8 Å². The zero-order valence-corrected chi connectivity index (χ0v) is 15.0. The summed E-state index contributed by atoms with van der Waals surface area (Å²) in [4.78, 5) is 16.8. The third-order valence-corrected chi connectivity index (χ3v) is 4.60. The molecule has 27 heavy (non-hydrogen) atoms. The van der Waals surface area contributed by atoms with Gasteiger partial charge in [-0.3, -0.25) is 14.5 Å². The van der Waals surface area contributed by atoms with Crippen LogP contribution in [0.5, 0.6) is 0 Å². The number of benzene rings is 2. The summed E-state index contributed by atoms with van der Waals surface area (Å²) in [5.41, 5.74) is 3.84. The summed E-state index contributed by atoms with van der Waals surface area (Å²) in [6.45, 7) is 2.31. The molecule has 0 aliphatic heterocycles. The number of amides is 1. The second kappa shape index (κ2) is 7.41. The zero-order valence-electron chi connectivity index (χ0n) is 15.0. The molecule has 1 N–H and O–H groups in total. The minimum atomic E-state index is -0.427. The van der Waals surface area contributed by atoms with E-state index in [1.54, 1.807) is 17.1 Å². The first-order valence-electron chi connectivity index (χ1n) is 8.93. The quantitative estimate of drug-likeness (QED) is 0.588. The summed E-state index contributed by atoms with van der Waals surface area (Å²) < 4.78 is 1.80. The normalized spacial score (nSPS) is 12.0. The highest BCUT2D eigenvalue weighted by Crippen LogP contribution is 2.29. The molecule has 1 amide bonds.